The molecule has 0 amide bonds. The molecule has 2 aromatic heterocycles. The van der Waals surface area contributed by atoms with Gasteiger partial charge >= 0.3 is 0 Å². The van der Waals surface area contributed by atoms with Gasteiger partial charge < -0.3 is 14.5 Å². The molecule has 3 heterocycles. The fourth-order valence-electron chi connectivity index (χ4n) is 2.64. The maximum Gasteiger partial charge on any atom is 0.180 e. The fourth-order valence-corrected chi connectivity index (χ4v) is 2.64. The lowest BCUT2D eigenvalue weighted by Crippen LogP contribution is -2.30. The molecule has 0 atom stereocenters. The molecule has 0 unspecified atom stereocenters. The second-order valence-electron chi connectivity index (χ2n) is 5.35. The van der Waals surface area contributed by atoms with Gasteiger partial charge in [0, 0.05) is 11.9 Å². The maximum absolute atomic E-state index is 6.02. The number of fused-ring (bicyclic) bond motifs is 1. The monoisotopic (exact) mass is 259 g/mol. The summed E-state index contributed by atoms with van der Waals surface area (Å²) in [7, 11) is 0. The summed E-state index contributed by atoms with van der Waals surface area (Å²) in [6.07, 6.45) is 4.45. The van der Waals surface area contributed by atoms with Gasteiger partial charge in [-0.05, 0) is 57.8 Å². The minimum Gasteiger partial charge on any atom is -0.489 e. The summed E-state index contributed by atoms with van der Waals surface area (Å²) in [5.41, 5.74) is 3.19. The first-order valence-corrected chi connectivity index (χ1v) is 7.03. The van der Waals surface area contributed by atoms with E-state index >= 15 is 0 Å². The normalized spacial score (nSPS) is 16.9. The van der Waals surface area contributed by atoms with E-state index in [0.29, 0.717) is 5.92 Å². The van der Waals surface area contributed by atoms with Crippen LogP contribution in [0.25, 0.3) is 5.65 Å². The van der Waals surface area contributed by atoms with Gasteiger partial charge in [0.05, 0.1) is 12.3 Å². The molecule has 1 aliphatic heterocycles. The Morgan fingerprint density at radius 3 is 2.95 bits per heavy atom. The molecule has 4 nitrogen and oxygen atoms in total. The molecule has 1 N–H and O–H groups in total. The van der Waals surface area contributed by atoms with E-state index in [4.69, 9.17) is 4.74 Å². The van der Waals surface area contributed by atoms with E-state index in [9.17, 15) is 0 Å². The largest absolute Gasteiger partial charge is 0.489 e. The van der Waals surface area contributed by atoms with Gasteiger partial charge in [-0.2, -0.15) is 0 Å². The van der Waals surface area contributed by atoms with Crippen LogP contribution in [0.1, 0.15) is 24.2 Å². The quantitative estimate of drug-likeness (QED) is 0.919. The first kappa shape index (κ1) is 12.5. The Labute approximate surface area is 113 Å². The van der Waals surface area contributed by atoms with E-state index in [2.05, 4.69) is 21.6 Å². The van der Waals surface area contributed by atoms with Crippen LogP contribution < -0.4 is 10.1 Å². The number of ether oxygens (including phenoxy) is 1. The zero-order valence-corrected chi connectivity index (χ0v) is 11.6. The smallest absolute Gasteiger partial charge is 0.180 e. The molecular weight excluding hydrogens is 238 g/mol. The third-order valence-corrected chi connectivity index (χ3v) is 4.02. The van der Waals surface area contributed by atoms with Crippen molar-refractivity contribution in [2.75, 3.05) is 19.7 Å². The second-order valence-corrected chi connectivity index (χ2v) is 5.35. The molecule has 102 valence electrons. The predicted molar refractivity (Wildman–Crippen MR) is 75.8 cm³/mol. The Morgan fingerprint density at radius 2 is 2.16 bits per heavy atom. The average molecular weight is 259 g/mol. The van der Waals surface area contributed by atoms with Gasteiger partial charge in [0.1, 0.15) is 0 Å². The SMILES string of the molecule is Cc1nc2c(OCC3CCNCC3)cccn2c1C. The van der Waals surface area contributed by atoms with Crippen molar-refractivity contribution in [1.82, 2.24) is 14.7 Å². The molecule has 0 aromatic carbocycles. The Bertz CT molecular complexity index is 570. The van der Waals surface area contributed by atoms with Gasteiger partial charge in [-0.25, -0.2) is 4.98 Å². The topological polar surface area (TPSA) is 38.6 Å². The summed E-state index contributed by atoms with van der Waals surface area (Å²) in [4.78, 5) is 4.60. The van der Waals surface area contributed by atoms with E-state index in [1.807, 2.05) is 25.3 Å². The molecule has 19 heavy (non-hydrogen) atoms. The minimum atomic E-state index is 0.665. The van der Waals surface area contributed by atoms with Crippen molar-refractivity contribution in [3.63, 3.8) is 0 Å². The second kappa shape index (κ2) is 5.21. The Kier molecular flexibility index (Phi) is 3.42. The molecule has 3 rings (SSSR count). The van der Waals surface area contributed by atoms with Gasteiger partial charge in [0.2, 0.25) is 0 Å². The average Bonchev–Trinajstić information content (AvgIpc) is 2.74. The van der Waals surface area contributed by atoms with Gasteiger partial charge in [-0.1, -0.05) is 0 Å². The number of aryl methyl sites for hydroxylation is 2. The van der Waals surface area contributed by atoms with Crippen molar-refractivity contribution in [2.24, 2.45) is 5.92 Å². The standard InChI is InChI=1S/C15H21N3O/c1-11-12(2)18-9-3-4-14(15(18)17-11)19-10-13-5-7-16-8-6-13/h3-4,9,13,16H,5-8,10H2,1-2H3. The molecular formula is C15H21N3O. The van der Waals surface area contributed by atoms with Crippen LogP contribution in [-0.2, 0) is 0 Å². The molecule has 1 saturated heterocycles. The van der Waals surface area contributed by atoms with Gasteiger partial charge in [-0.3, -0.25) is 0 Å². The van der Waals surface area contributed by atoms with Crippen molar-refractivity contribution in [3.8, 4) is 5.75 Å². The van der Waals surface area contributed by atoms with Gasteiger partial charge in [0.25, 0.3) is 0 Å². The lowest BCUT2D eigenvalue weighted by Gasteiger charge is -2.22. The molecule has 2 aromatic rings. The number of aromatic nitrogens is 2. The van der Waals surface area contributed by atoms with E-state index in [-0.39, 0.29) is 0 Å². The van der Waals surface area contributed by atoms with Gasteiger partial charge in [0.15, 0.2) is 11.4 Å². The molecule has 0 aliphatic carbocycles. The molecule has 4 heteroatoms. The first-order chi connectivity index (χ1) is 9.25. The number of pyridine rings is 1. The molecule has 1 fully saturated rings. The van der Waals surface area contributed by atoms with Crippen molar-refractivity contribution >= 4 is 5.65 Å². The third kappa shape index (κ3) is 2.45. The van der Waals surface area contributed by atoms with Crippen LogP contribution >= 0.6 is 0 Å². The molecule has 0 radical (unpaired) electrons. The van der Waals surface area contributed by atoms with Crippen molar-refractivity contribution < 1.29 is 4.74 Å². The summed E-state index contributed by atoms with van der Waals surface area (Å²) in [5, 5.41) is 3.38. The number of piperidine rings is 1. The lowest BCUT2D eigenvalue weighted by molar-refractivity contribution is 0.216. The summed E-state index contributed by atoms with van der Waals surface area (Å²) < 4.78 is 8.12. The lowest BCUT2D eigenvalue weighted by atomic mass is 9.99. The van der Waals surface area contributed by atoms with Crippen molar-refractivity contribution in [1.29, 1.82) is 0 Å². The van der Waals surface area contributed by atoms with Crippen molar-refractivity contribution in [3.05, 3.63) is 29.7 Å². The molecule has 1 aliphatic rings. The van der Waals surface area contributed by atoms with Crippen molar-refractivity contribution in [2.45, 2.75) is 26.7 Å². The zero-order chi connectivity index (χ0) is 13.2. The Morgan fingerprint density at radius 1 is 1.37 bits per heavy atom. The number of imidazole rings is 1. The maximum atomic E-state index is 6.02. The summed E-state index contributed by atoms with van der Waals surface area (Å²) in [6, 6.07) is 4.04. The number of nitrogens with one attached hydrogen (secondary N) is 1. The highest BCUT2D eigenvalue weighted by Crippen LogP contribution is 2.23. The van der Waals surface area contributed by atoms with Crippen LogP contribution in [0.3, 0.4) is 0 Å². The third-order valence-electron chi connectivity index (χ3n) is 4.02. The predicted octanol–water partition coefficient (Wildman–Crippen LogP) is 2.33. The highest BCUT2D eigenvalue weighted by Gasteiger charge is 2.15. The van der Waals surface area contributed by atoms with Gasteiger partial charge in [-0.15, -0.1) is 0 Å². The number of rotatable bonds is 3. The summed E-state index contributed by atoms with van der Waals surface area (Å²) >= 11 is 0. The number of hydrogen-bond acceptors (Lipinski definition) is 3. The Balaban J connectivity index is 1.78. The molecule has 0 bridgehead atoms. The molecule has 0 spiro atoms. The summed E-state index contributed by atoms with van der Waals surface area (Å²) in [5.74, 6) is 1.57. The van der Waals surface area contributed by atoms with E-state index in [0.717, 1.165) is 36.8 Å². The Hall–Kier alpha value is -1.55. The number of nitrogens with zero attached hydrogens (tertiary/aromatic N) is 2. The fraction of sp³-hybridized carbons (Fsp3) is 0.533. The highest BCUT2D eigenvalue weighted by atomic mass is 16.5. The first-order valence-electron chi connectivity index (χ1n) is 7.03. The van der Waals surface area contributed by atoms with E-state index in [1.165, 1.54) is 18.5 Å². The van der Waals surface area contributed by atoms with E-state index < -0.39 is 0 Å². The van der Waals surface area contributed by atoms with Crippen LogP contribution in [0.2, 0.25) is 0 Å². The zero-order valence-electron chi connectivity index (χ0n) is 11.6. The van der Waals surface area contributed by atoms with E-state index in [1.54, 1.807) is 0 Å². The van der Waals surface area contributed by atoms with Crippen LogP contribution in [-0.4, -0.2) is 29.1 Å². The minimum absolute atomic E-state index is 0.665. The van der Waals surface area contributed by atoms with Crippen LogP contribution in [0.5, 0.6) is 5.75 Å². The van der Waals surface area contributed by atoms with Crippen LogP contribution in [0.4, 0.5) is 0 Å². The van der Waals surface area contributed by atoms with Crippen LogP contribution in [0, 0.1) is 19.8 Å². The number of hydrogen-bond donors (Lipinski definition) is 1. The molecule has 0 saturated carbocycles. The van der Waals surface area contributed by atoms with Crippen LogP contribution in [0.15, 0.2) is 18.3 Å². The highest BCUT2D eigenvalue weighted by molar-refractivity contribution is 5.55. The summed E-state index contributed by atoms with van der Waals surface area (Å²) in [6.45, 7) is 7.15.